The molecule has 0 aliphatic heterocycles. The lowest BCUT2D eigenvalue weighted by Gasteiger charge is -2.25. The van der Waals surface area contributed by atoms with E-state index in [2.05, 4.69) is 102 Å². The highest BCUT2D eigenvalue weighted by atomic mass is 15.1. The summed E-state index contributed by atoms with van der Waals surface area (Å²) < 4.78 is 0. The van der Waals surface area contributed by atoms with E-state index in [0.29, 0.717) is 0 Å². The second-order valence-corrected chi connectivity index (χ2v) is 7.72. The van der Waals surface area contributed by atoms with Gasteiger partial charge >= 0.3 is 0 Å². The van der Waals surface area contributed by atoms with E-state index in [1.165, 1.54) is 0 Å². The summed E-state index contributed by atoms with van der Waals surface area (Å²) in [6.07, 6.45) is 0. The van der Waals surface area contributed by atoms with Gasteiger partial charge in [-0.15, -0.1) is 0 Å². The molecule has 5 aromatic carbocycles. The summed E-state index contributed by atoms with van der Waals surface area (Å²) in [5, 5.41) is 0. The van der Waals surface area contributed by atoms with Crippen LogP contribution >= 0.6 is 0 Å². The van der Waals surface area contributed by atoms with Crippen molar-refractivity contribution >= 4 is 28.5 Å². The Hall–Kier alpha value is -4.43. The molecule has 0 spiro atoms. The normalized spacial score (nSPS) is 11.2. The highest BCUT2D eigenvalue weighted by Gasteiger charge is 2.13. The number of anilines is 3. The maximum absolute atomic E-state index is 4.99. The molecule has 33 heavy (non-hydrogen) atoms. The van der Waals surface area contributed by atoms with Crippen LogP contribution in [0.5, 0.6) is 0 Å². The van der Waals surface area contributed by atoms with E-state index in [0.717, 1.165) is 39.6 Å². The van der Waals surface area contributed by atoms with Gasteiger partial charge in [0, 0.05) is 28.2 Å². The third-order valence-corrected chi connectivity index (χ3v) is 5.47. The van der Waals surface area contributed by atoms with Gasteiger partial charge < -0.3 is 4.90 Å². The smallest absolute Gasteiger partial charge is 0.0781 e. The van der Waals surface area contributed by atoms with Crippen molar-refractivity contribution in [2.24, 2.45) is 4.99 Å². The van der Waals surface area contributed by atoms with Crippen LogP contribution in [0.2, 0.25) is 0 Å². The van der Waals surface area contributed by atoms with Gasteiger partial charge in [0.2, 0.25) is 0 Å². The van der Waals surface area contributed by atoms with Crippen molar-refractivity contribution in [3.05, 3.63) is 157 Å². The molecule has 0 atom stereocenters. The molecule has 0 aliphatic rings. The molecule has 0 radical (unpaired) electrons. The van der Waals surface area contributed by atoms with Gasteiger partial charge in [0.05, 0.1) is 11.4 Å². The fourth-order valence-electron chi connectivity index (χ4n) is 3.89. The Balaban J connectivity index is 1.57. The fourth-order valence-corrected chi connectivity index (χ4v) is 3.89. The van der Waals surface area contributed by atoms with Crippen molar-refractivity contribution in [3.8, 4) is 0 Å². The summed E-state index contributed by atoms with van der Waals surface area (Å²) >= 11 is 0. The van der Waals surface area contributed by atoms with Crippen LogP contribution in [-0.2, 0) is 0 Å². The van der Waals surface area contributed by atoms with E-state index < -0.39 is 0 Å². The predicted molar refractivity (Wildman–Crippen MR) is 139 cm³/mol. The molecule has 5 aromatic rings. The Bertz CT molecular complexity index is 1270. The SMILES string of the molecule is c1ccc(N=C(c2ccccc2)c2ccc(N(c3ccccc3)c3ccccc3)cc2)cc1. The summed E-state index contributed by atoms with van der Waals surface area (Å²) in [6.45, 7) is 0. The molecule has 5 rings (SSSR count). The number of para-hydroxylation sites is 3. The topological polar surface area (TPSA) is 15.6 Å². The maximum atomic E-state index is 4.99. The number of aliphatic imine (C=N–C) groups is 1. The minimum atomic E-state index is 0.940. The van der Waals surface area contributed by atoms with Crippen molar-refractivity contribution in [3.63, 3.8) is 0 Å². The van der Waals surface area contributed by atoms with Crippen LogP contribution in [0.15, 0.2) is 151 Å². The zero-order valence-corrected chi connectivity index (χ0v) is 18.3. The van der Waals surface area contributed by atoms with Gasteiger partial charge in [-0.2, -0.15) is 0 Å². The average Bonchev–Trinajstić information content (AvgIpc) is 2.90. The lowest BCUT2D eigenvalue weighted by molar-refractivity contribution is 1.28. The molecular formula is C31H24N2. The molecule has 0 fully saturated rings. The summed E-state index contributed by atoms with van der Waals surface area (Å²) in [4.78, 5) is 7.26. The molecular weight excluding hydrogens is 400 g/mol. The van der Waals surface area contributed by atoms with Gasteiger partial charge in [0.1, 0.15) is 0 Å². The van der Waals surface area contributed by atoms with Crippen LogP contribution in [0.1, 0.15) is 11.1 Å². The predicted octanol–water partition coefficient (Wildman–Crippen LogP) is 8.33. The molecule has 0 N–H and O–H groups in total. The van der Waals surface area contributed by atoms with Crippen molar-refractivity contribution in [2.75, 3.05) is 4.90 Å². The van der Waals surface area contributed by atoms with E-state index in [-0.39, 0.29) is 0 Å². The summed E-state index contributed by atoms with van der Waals surface area (Å²) in [5.41, 5.74) is 7.42. The Morgan fingerprint density at radius 3 is 1.30 bits per heavy atom. The van der Waals surface area contributed by atoms with Crippen LogP contribution in [0.3, 0.4) is 0 Å². The fraction of sp³-hybridized carbons (Fsp3) is 0. The molecule has 0 aliphatic carbocycles. The molecule has 0 unspecified atom stereocenters. The summed E-state index contributed by atoms with van der Waals surface area (Å²) in [6, 6.07) is 50.0. The van der Waals surface area contributed by atoms with E-state index >= 15 is 0 Å². The lowest BCUT2D eigenvalue weighted by Crippen LogP contribution is -2.10. The number of benzene rings is 5. The standard InChI is InChI=1S/C31H24N2/c1-5-13-25(14-6-1)31(32-27-15-7-2-8-16-27)26-21-23-30(24-22-26)33(28-17-9-3-10-18-28)29-19-11-4-12-20-29/h1-24H. The largest absolute Gasteiger partial charge is 0.311 e. The quantitative estimate of drug-likeness (QED) is 0.250. The Morgan fingerprint density at radius 2 is 0.788 bits per heavy atom. The van der Waals surface area contributed by atoms with E-state index in [1.54, 1.807) is 0 Å². The number of rotatable bonds is 6. The average molecular weight is 425 g/mol. The number of hydrogen-bond acceptors (Lipinski definition) is 2. The maximum Gasteiger partial charge on any atom is 0.0781 e. The monoisotopic (exact) mass is 424 g/mol. The highest BCUT2D eigenvalue weighted by Crippen LogP contribution is 2.34. The summed E-state index contributed by atoms with van der Waals surface area (Å²) in [5.74, 6) is 0. The first-order valence-corrected chi connectivity index (χ1v) is 11.1. The minimum absolute atomic E-state index is 0.940. The highest BCUT2D eigenvalue weighted by molar-refractivity contribution is 6.14. The van der Waals surface area contributed by atoms with Crippen molar-refractivity contribution < 1.29 is 0 Å². The number of hydrogen-bond donors (Lipinski definition) is 0. The van der Waals surface area contributed by atoms with Crippen LogP contribution < -0.4 is 4.90 Å². The third-order valence-electron chi connectivity index (χ3n) is 5.47. The molecule has 0 heterocycles. The van der Waals surface area contributed by atoms with E-state index in [4.69, 9.17) is 4.99 Å². The molecule has 0 aromatic heterocycles. The van der Waals surface area contributed by atoms with Crippen molar-refractivity contribution in [2.45, 2.75) is 0 Å². The lowest BCUT2D eigenvalue weighted by atomic mass is 10.0. The van der Waals surface area contributed by atoms with E-state index in [1.807, 2.05) is 48.5 Å². The summed E-state index contributed by atoms with van der Waals surface area (Å²) in [7, 11) is 0. The first kappa shape index (κ1) is 20.5. The van der Waals surface area contributed by atoms with Crippen LogP contribution in [0.4, 0.5) is 22.7 Å². The van der Waals surface area contributed by atoms with Gasteiger partial charge in [-0.3, -0.25) is 0 Å². The number of nitrogens with zero attached hydrogens (tertiary/aromatic N) is 2. The Morgan fingerprint density at radius 1 is 0.394 bits per heavy atom. The van der Waals surface area contributed by atoms with Gasteiger partial charge in [-0.05, 0) is 48.5 Å². The first-order chi connectivity index (χ1) is 16.4. The Kier molecular flexibility index (Phi) is 6.08. The molecule has 0 amide bonds. The molecule has 2 heteroatoms. The molecule has 2 nitrogen and oxygen atoms in total. The molecule has 0 saturated carbocycles. The van der Waals surface area contributed by atoms with Gasteiger partial charge in [0.15, 0.2) is 0 Å². The first-order valence-electron chi connectivity index (χ1n) is 11.1. The van der Waals surface area contributed by atoms with Gasteiger partial charge in [-0.1, -0.05) is 97.1 Å². The van der Waals surface area contributed by atoms with Crippen molar-refractivity contribution in [1.82, 2.24) is 0 Å². The van der Waals surface area contributed by atoms with Crippen LogP contribution in [0, 0.1) is 0 Å². The van der Waals surface area contributed by atoms with Gasteiger partial charge in [0.25, 0.3) is 0 Å². The minimum Gasteiger partial charge on any atom is -0.311 e. The van der Waals surface area contributed by atoms with Crippen LogP contribution in [-0.4, -0.2) is 5.71 Å². The zero-order chi connectivity index (χ0) is 22.3. The van der Waals surface area contributed by atoms with E-state index in [9.17, 15) is 0 Å². The third kappa shape index (κ3) is 4.76. The van der Waals surface area contributed by atoms with Crippen molar-refractivity contribution in [1.29, 1.82) is 0 Å². The van der Waals surface area contributed by atoms with Crippen LogP contribution in [0.25, 0.3) is 0 Å². The second-order valence-electron chi connectivity index (χ2n) is 7.72. The second kappa shape index (κ2) is 9.80. The molecule has 0 saturated heterocycles. The molecule has 0 bridgehead atoms. The Labute approximate surface area is 195 Å². The van der Waals surface area contributed by atoms with Gasteiger partial charge in [-0.25, -0.2) is 4.99 Å². The zero-order valence-electron chi connectivity index (χ0n) is 18.3. The molecule has 158 valence electrons.